The minimum Gasteiger partial charge on any atom is -0.415 e. The van der Waals surface area contributed by atoms with Crippen molar-refractivity contribution in [1.82, 2.24) is 4.72 Å². The molecule has 1 N–H and O–H groups in total. The summed E-state index contributed by atoms with van der Waals surface area (Å²) in [6, 6.07) is 15.5. The third-order valence-corrected chi connectivity index (χ3v) is 8.30. The molecule has 0 radical (unpaired) electrons. The number of hydrogen-bond acceptors (Lipinski definition) is 6. The first-order valence-corrected chi connectivity index (χ1v) is 12.6. The normalized spacial score (nSPS) is 11.9. The van der Waals surface area contributed by atoms with Gasteiger partial charge in [0.15, 0.2) is 0 Å². The lowest BCUT2D eigenvalue weighted by Crippen LogP contribution is -2.26. The summed E-state index contributed by atoms with van der Waals surface area (Å²) in [6.07, 6.45) is -0.591. The van der Waals surface area contributed by atoms with Crippen molar-refractivity contribution in [3.8, 4) is 11.5 Å². The second-order valence-corrected chi connectivity index (χ2v) is 11.2. The average molecular weight is 478 g/mol. The molecule has 0 fully saturated rings. The van der Waals surface area contributed by atoms with E-state index >= 15 is 0 Å². The second-order valence-electron chi connectivity index (χ2n) is 5.45. The van der Waals surface area contributed by atoms with Gasteiger partial charge in [-0.05, 0) is 47.8 Å². The summed E-state index contributed by atoms with van der Waals surface area (Å²) in [5.41, 5.74) is 0. The lowest BCUT2D eigenvalue weighted by Gasteiger charge is -2.20. The minimum atomic E-state index is -4.00. The highest BCUT2D eigenvalue weighted by Crippen LogP contribution is 2.48. The van der Waals surface area contributed by atoms with Gasteiger partial charge in [0.25, 0.3) is 10.0 Å². The van der Waals surface area contributed by atoms with Gasteiger partial charge in [0.1, 0.15) is 22.0 Å². The number of thiophene rings is 1. The van der Waals surface area contributed by atoms with Crippen LogP contribution < -0.4 is 13.8 Å². The zero-order chi connectivity index (χ0) is 20.2. The molecule has 3 rings (SSSR count). The number of benzene rings is 2. The van der Waals surface area contributed by atoms with Gasteiger partial charge in [0.2, 0.25) is 0 Å². The van der Waals surface area contributed by atoms with Crippen molar-refractivity contribution in [3.63, 3.8) is 0 Å². The van der Waals surface area contributed by atoms with Crippen LogP contribution in [0.5, 0.6) is 11.5 Å². The highest BCUT2D eigenvalue weighted by atomic mass is 35.5. The monoisotopic (exact) mass is 477 g/mol. The first kappa shape index (κ1) is 21.2. The first-order chi connectivity index (χ1) is 13.3. The van der Waals surface area contributed by atoms with Crippen molar-refractivity contribution >= 4 is 52.2 Å². The Morgan fingerprint density at radius 2 is 1.50 bits per heavy atom. The maximum atomic E-state index is 13.3. The molecule has 148 valence electrons. The quantitative estimate of drug-likeness (QED) is 0.424. The molecule has 0 bridgehead atoms. The smallest absolute Gasteiger partial charge is 0.415 e. The summed E-state index contributed by atoms with van der Waals surface area (Å²) in [4.78, 5) is 0. The number of halogens is 2. The Morgan fingerprint density at radius 3 is 1.96 bits per heavy atom. The molecule has 0 atom stereocenters. The minimum absolute atomic E-state index is 0.0876. The molecule has 11 heteroatoms. The maximum Gasteiger partial charge on any atom is 0.445 e. The summed E-state index contributed by atoms with van der Waals surface area (Å²) in [7, 11) is -7.87. The van der Waals surface area contributed by atoms with E-state index in [1.54, 1.807) is 35.7 Å². The molecule has 0 aliphatic heterocycles. The van der Waals surface area contributed by atoms with Crippen LogP contribution in [0, 0.1) is 0 Å². The molecule has 0 spiro atoms. The van der Waals surface area contributed by atoms with E-state index in [0.717, 1.165) is 11.3 Å². The Balaban J connectivity index is 1.86. The largest absolute Gasteiger partial charge is 0.445 e. The SMILES string of the molecule is O=P(CNS(=O)(=O)c1cccs1)(Oc1cccc(Cl)c1)Oc1cccc(Cl)c1. The van der Waals surface area contributed by atoms with Gasteiger partial charge in [-0.2, -0.15) is 4.72 Å². The van der Waals surface area contributed by atoms with Crippen molar-refractivity contribution in [3.05, 3.63) is 76.1 Å². The van der Waals surface area contributed by atoms with E-state index in [1.165, 1.54) is 30.3 Å². The van der Waals surface area contributed by atoms with Gasteiger partial charge in [0.05, 0.1) is 0 Å². The summed E-state index contributed by atoms with van der Waals surface area (Å²) >= 11 is 12.9. The Morgan fingerprint density at radius 1 is 0.929 bits per heavy atom. The average Bonchev–Trinajstić information content (AvgIpc) is 3.16. The Hall–Kier alpha value is -1.54. The predicted octanol–water partition coefficient (Wildman–Crippen LogP) is 5.64. The molecular formula is C17H14Cl2NO5PS2. The fourth-order valence-corrected chi connectivity index (χ4v) is 6.51. The molecular weight excluding hydrogens is 464 g/mol. The van der Waals surface area contributed by atoms with Crippen molar-refractivity contribution in [1.29, 1.82) is 0 Å². The highest BCUT2D eigenvalue weighted by Gasteiger charge is 2.31. The molecule has 0 amide bonds. The van der Waals surface area contributed by atoms with E-state index < -0.39 is 23.9 Å². The van der Waals surface area contributed by atoms with E-state index in [1.807, 2.05) is 0 Å². The summed E-state index contributed by atoms with van der Waals surface area (Å²) in [5, 5.41) is 2.36. The topological polar surface area (TPSA) is 81.7 Å². The molecule has 0 saturated heterocycles. The summed E-state index contributed by atoms with van der Waals surface area (Å²) < 4.78 is 51.5. The Kier molecular flexibility index (Phi) is 6.70. The molecule has 0 unspecified atom stereocenters. The predicted molar refractivity (Wildman–Crippen MR) is 111 cm³/mol. The lowest BCUT2D eigenvalue weighted by molar-refractivity contribution is 0.384. The number of nitrogens with one attached hydrogen (secondary N) is 1. The van der Waals surface area contributed by atoms with Crippen LogP contribution in [-0.4, -0.2) is 14.7 Å². The van der Waals surface area contributed by atoms with E-state index in [4.69, 9.17) is 32.2 Å². The summed E-state index contributed by atoms with van der Waals surface area (Å²) in [5.74, 6) is 0.348. The second kappa shape index (κ2) is 8.86. The van der Waals surface area contributed by atoms with Gasteiger partial charge >= 0.3 is 7.60 Å². The van der Waals surface area contributed by atoms with Crippen molar-refractivity contribution in [2.75, 3.05) is 6.29 Å². The van der Waals surface area contributed by atoms with Gasteiger partial charge in [-0.3, -0.25) is 0 Å². The van der Waals surface area contributed by atoms with Crippen LogP contribution in [-0.2, 0) is 14.6 Å². The van der Waals surface area contributed by atoms with Crippen LogP contribution in [0.3, 0.4) is 0 Å². The molecule has 6 nitrogen and oxygen atoms in total. The van der Waals surface area contributed by atoms with Gasteiger partial charge in [-0.15, -0.1) is 11.3 Å². The van der Waals surface area contributed by atoms with E-state index in [0.29, 0.717) is 10.0 Å². The highest BCUT2D eigenvalue weighted by molar-refractivity contribution is 7.91. The third-order valence-electron chi connectivity index (χ3n) is 3.29. The number of rotatable bonds is 8. The standard InChI is InChI=1S/C17H14Cl2NO5PS2/c18-13-4-1-6-15(10-13)24-26(21,25-16-7-2-5-14(19)11-16)12-20-28(22,23)17-8-3-9-27-17/h1-11,20H,12H2. The zero-order valence-electron chi connectivity index (χ0n) is 14.1. The Bertz CT molecular complexity index is 1050. The lowest BCUT2D eigenvalue weighted by atomic mass is 10.3. The van der Waals surface area contributed by atoms with Gasteiger partial charge in [0, 0.05) is 10.0 Å². The third kappa shape index (κ3) is 5.73. The van der Waals surface area contributed by atoms with Gasteiger partial charge in [-0.1, -0.05) is 41.4 Å². The molecule has 2 aromatic carbocycles. The molecule has 1 heterocycles. The number of sulfonamides is 1. The molecule has 0 saturated carbocycles. The number of hydrogen-bond donors (Lipinski definition) is 1. The van der Waals surface area contributed by atoms with Crippen molar-refractivity contribution in [2.45, 2.75) is 4.21 Å². The van der Waals surface area contributed by atoms with E-state index in [-0.39, 0.29) is 15.7 Å². The van der Waals surface area contributed by atoms with E-state index in [9.17, 15) is 13.0 Å². The van der Waals surface area contributed by atoms with Crippen LogP contribution >= 0.6 is 42.1 Å². The zero-order valence-corrected chi connectivity index (χ0v) is 18.2. The molecule has 1 aromatic heterocycles. The van der Waals surface area contributed by atoms with Crippen LogP contribution in [0.4, 0.5) is 0 Å². The van der Waals surface area contributed by atoms with Crippen LogP contribution in [0.2, 0.25) is 10.0 Å². The molecule has 0 aliphatic carbocycles. The van der Waals surface area contributed by atoms with Crippen LogP contribution in [0.25, 0.3) is 0 Å². The van der Waals surface area contributed by atoms with Crippen LogP contribution in [0.15, 0.2) is 70.3 Å². The van der Waals surface area contributed by atoms with Crippen molar-refractivity contribution < 1.29 is 22.0 Å². The molecule has 3 aromatic rings. The molecule has 0 aliphatic rings. The maximum absolute atomic E-state index is 13.3. The fourth-order valence-electron chi connectivity index (χ4n) is 2.10. The van der Waals surface area contributed by atoms with Crippen molar-refractivity contribution in [2.24, 2.45) is 0 Å². The Labute approximate surface area is 176 Å². The van der Waals surface area contributed by atoms with Crippen LogP contribution in [0.1, 0.15) is 0 Å². The summed E-state index contributed by atoms with van der Waals surface area (Å²) in [6.45, 7) is 0. The first-order valence-electron chi connectivity index (χ1n) is 7.78. The van der Waals surface area contributed by atoms with Gasteiger partial charge in [-0.25, -0.2) is 13.0 Å². The molecule has 28 heavy (non-hydrogen) atoms. The van der Waals surface area contributed by atoms with E-state index in [2.05, 4.69) is 4.72 Å². The van der Waals surface area contributed by atoms with Gasteiger partial charge < -0.3 is 9.05 Å². The fraction of sp³-hybridized carbons (Fsp3) is 0.0588.